The minimum absolute atomic E-state index is 0. The van der Waals surface area contributed by atoms with Gasteiger partial charge in [-0.05, 0) is 152 Å². The molecule has 0 unspecified atom stereocenters. The summed E-state index contributed by atoms with van der Waals surface area (Å²) in [5.41, 5.74) is 15.4. The van der Waals surface area contributed by atoms with E-state index < -0.39 is 0 Å². The van der Waals surface area contributed by atoms with Crippen LogP contribution in [0.3, 0.4) is 0 Å². The molecule has 6 aromatic rings. The van der Waals surface area contributed by atoms with Gasteiger partial charge >= 0.3 is 30.2 Å². The van der Waals surface area contributed by atoms with Crippen LogP contribution in [0.15, 0.2) is 97.1 Å². The van der Waals surface area contributed by atoms with Crippen molar-refractivity contribution in [3.05, 3.63) is 144 Å². The van der Waals surface area contributed by atoms with Gasteiger partial charge in [0.05, 0.1) is 0 Å². The number of fused-ring (bicyclic) bond motifs is 2. The van der Waals surface area contributed by atoms with E-state index in [4.69, 9.17) is 0 Å². The van der Waals surface area contributed by atoms with Crippen LogP contribution in [-0.2, 0) is 40.6 Å². The Balaban J connectivity index is 0.000000183. The third-order valence-corrected chi connectivity index (χ3v) is 16.5. The number of aryl methyl sites for hydroxylation is 4. The van der Waals surface area contributed by atoms with Gasteiger partial charge in [-0.2, -0.15) is 26.0 Å². The Morgan fingerprint density at radius 2 is 0.841 bits per heavy atom. The van der Waals surface area contributed by atoms with Gasteiger partial charge in [-0.3, -0.25) is 0 Å². The zero-order valence-corrected chi connectivity index (χ0v) is 44.2. The fourth-order valence-corrected chi connectivity index (χ4v) is 14.7. The van der Waals surface area contributed by atoms with Crippen molar-refractivity contribution in [2.45, 2.75) is 136 Å². The second kappa shape index (κ2) is 21.2. The third-order valence-electron chi connectivity index (χ3n) is 16.5. The molecule has 0 N–H and O–H groups in total. The maximum atomic E-state index is 3.25. The molecule has 0 saturated heterocycles. The topological polar surface area (TPSA) is 0 Å². The summed E-state index contributed by atoms with van der Waals surface area (Å²) in [5, 5.41) is 5.68. The molecule has 8 saturated carbocycles. The average molecular weight is 971 g/mol. The van der Waals surface area contributed by atoms with Gasteiger partial charge in [0.15, 0.2) is 0 Å². The molecule has 0 heterocycles. The van der Waals surface area contributed by atoms with Gasteiger partial charge in [0.1, 0.15) is 0 Å². The second-order valence-electron chi connectivity index (χ2n) is 20.3. The molecule has 6 aromatic carbocycles. The summed E-state index contributed by atoms with van der Waals surface area (Å²) < 4.78 is 0. The molecule has 2 radical (unpaired) electrons. The van der Waals surface area contributed by atoms with E-state index in [1.807, 2.05) is 0 Å². The SMILES string of the molecule is CCc1cc2c(-c3ccc(C45CC6CC(CC(C6)C4)C5)cc3)ccc(C)c2[cH-]1.Cc1cc2c(-c3ccc(C45CC6CC(CC(C6)C4)C5)cc3)ccc(C)c2[cH-]1.Cl.Cl.[CH2-]C.[CH2-]C.[Si]=[Zr]. The minimum atomic E-state index is 0. The Hall–Kier alpha value is -2.22. The van der Waals surface area contributed by atoms with Gasteiger partial charge < -0.3 is 13.8 Å². The number of rotatable bonds is 5. The average Bonchev–Trinajstić information content (AvgIpc) is 3.91. The van der Waals surface area contributed by atoms with Gasteiger partial charge in [0.2, 0.25) is 0 Å². The quantitative estimate of drug-likeness (QED) is 0.119. The fraction of sp³-hybridized carbons (Fsp3) is 0.458. The van der Waals surface area contributed by atoms with Crippen LogP contribution in [0.2, 0.25) is 0 Å². The second-order valence-corrected chi connectivity index (χ2v) is 20.3. The Bertz CT molecular complexity index is 2360. The van der Waals surface area contributed by atoms with Crippen LogP contribution < -0.4 is 0 Å². The van der Waals surface area contributed by atoms with Gasteiger partial charge in [0.25, 0.3) is 0 Å². The van der Waals surface area contributed by atoms with Crippen LogP contribution in [0, 0.1) is 70.1 Å². The van der Waals surface area contributed by atoms with E-state index in [1.54, 1.807) is 25.0 Å². The zero-order valence-electron chi connectivity index (χ0n) is 39.1. The molecular formula is C59H72Cl2SiZr-4. The molecular weight excluding hydrogens is 899 g/mol. The third kappa shape index (κ3) is 9.65. The van der Waals surface area contributed by atoms with E-state index in [0.717, 1.165) is 41.9 Å². The van der Waals surface area contributed by atoms with E-state index >= 15 is 0 Å². The summed E-state index contributed by atoms with van der Waals surface area (Å²) in [6.07, 6.45) is 19.0. The molecule has 0 atom stereocenters. The van der Waals surface area contributed by atoms with Gasteiger partial charge in [-0.1, -0.05) is 99.5 Å². The van der Waals surface area contributed by atoms with Crippen molar-refractivity contribution < 1.29 is 23.3 Å². The van der Waals surface area contributed by atoms with Crippen molar-refractivity contribution >= 4 is 53.2 Å². The van der Waals surface area contributed by atoms with E-state index in [0.29, 0.717) is 10.8 Å². The fourth-order valence-electron chi connectivity index (χ4n) is 14.7. The first-order chi connectivity index (χ1) is 29.7. The van der Waals surface area contributed by atoms with Gasteiger partial charge in [-0.15, -0.1) is 92.9 Å². The number of benzene rings is 4. The van der Waals surface area contributed by atoms with Crippen molar-refractivity contribution in [1.29, 1.82) is 0 Å². The van der Waals surface area contributed by atoms with Crippen molar-refractivity contribution in [3.8, 4) is 22.3 Å². The van der Waals surface area contributed by atoms with E-state index in [9.17, 15) is 0 Å². The van der Waals surface area contributed by atoms with Crippen LogP contribution in [0.1, 0.15) is 131 Å². The first-order valence-corrected chi connectivity index (χ1v) is 28.2. The van der Waals surface area contributed by atoms with Crippen molar-refractivity contribution in [2.75, 3.05) is 0 Å². The predicted octanol–water partition coefficient (Wildman–Crippen LogP) is 17.0. The van der Waals surface area contributed by atoms with Crippen LogP contribution in [0.4, 0.5) is 0 Å². The molecule has 334 valence electrons. The molecule has 0 amide bonds. The van der Waals surface area contributed by atoms with Crippen molar-refractivity contribution in [2.24, 2.45) is 35.5 Å². The number of halogens is 2. The Kier molecular flexibility index (Phi) is 16.9. The zero-order chi connectivity index (χ0) is 43.1. The molecule has 0 nitrogen and oxygen atoms in total. The molecule has 8 aliphatic rings. The van der Waals surface area contributed by atoms with Crippen molar-refractivity contribution in [1.82, 2.24) is 0 Å². The monoisotopic (exact) mass is 968 g/mol. The summed E-state index contributed by atoms with van der Waals surface area (Å²) >= 11 is 1.36. The standard InChI is InChI=1S/C28H31.C27H29.2C2H5.2ClH.Si.Zr/c1-3-19-13-26-18(2)4-9-25(27(26)14-19)23-5-7-24(8-6-23)28-15-20-10-21(16-28)12-22(11-20)17-28;1-17-9-25-18(2)3-8-24(26(25)10-17)22-4-6-23(7-5-22)27-14-19-11-20(15-27)13-21(12-19)16-27;2*1-2;;;;/h4-9,13-14,20-22H,3,10-12,15-17H2,1-2H3;3-10,19-21H,11-16H2,1-2H3;2*1H2,2H3;2*1H;;/q4*-1;;;;. The maximum absolute atomic E-state index is 3.25. The summed E-state index contributed by atoms with van der Waals surface area (Å²) in [6, 6.07) is 38.3. The number of hydrogen-bond donors (Lipinski definition) is 0. The molecule has 4 heteroatoms. The molecule has 0 spiro atoms. The Labute approximate surface area is 411 Å². The van der Waals surface area contributed by atoms with Crippen LogP contribution >= 0.6 is 24.8 Å². The Morgan fingerprint density at radius 3 is 1.19 bits per heavy atom. The summed E-state index contributed by atoms with van der Waals surface area (Å²) in [7, 11) is 0. The van der Waals surface area contributed by atoms with Crippen LogP contribution in [0.25, 0.3) is 43.8 Å². The molecule has 8 bridgehead atoms. The first kappa shape index (κ1) is 50.2. The first-order valence-electron chi connectivity index (χ1n) is 24.0. The molecule has 8 aliphatic carbocycles. The van der Waals surface area contributed by atoms with Gasteiger partial charge in [-0.25, -0.2) is 0 Å². The van der Waals surface area contributed by atoms with Crippen LogP contribution in [-0.4, -0.2) is 6.88 Å². The van der Waals surface area contributed by atoms with E-state index in [1.165, 1.54) is 166 Å². The van der Waals surface area contributed by atoms with E-state index in [2.05, 4.69) is 145 Å². The summed E-state index contributed by atoms with van der Waals surface area (Å²) in [6.45, 7) is 22.0. The number of hydrogen-bond acceptors (Lipinski definition) is 0. The van der Waals surface area contributed by atoms with Gasteiger partial charge in [0, 0.05) is 0 Å². The molecule has 8 fully saturated rings. The normalized spacial score (nSPS) is 27.6. The molecule has 0 aromatic heterocycles. The molecule has 14 rings (SSSR count). The Morgan fingerprint density at radius 1 is 0.508 bits per heavy atom. The van der Waals surface area contributed by atoms with E-state index in [-0.39, 0.29) is 24.8 Å². The molecule has 0 aliphatic heterocycles. The molecule has 63 heavy (non-hydrogen) atoms. The predicted molar refractivity (Wildman–Crippen MR) is 276 cm³/mol. The van der Waals surface area contributed by atoms with Crippen LogP contribution in [0.5, 0.6) is 0 Å². The van der Waals surface area contributed by atoms with Crippen molar-refractivity contribution in [3.63, 3.8) is 0 Å². The summed E-state index contributed by atoms with van der Waals surface area (Å²) in [4.78, 5) is 0. The summed E-state index contributed by atoms with van der Waals surface area (Å²) in [5.74, 6) is 6.08.